The standard InChI is InChI=1S/C11H11BrF3NO2/c12-8-4-3-7(11(13,14)15)6-9(8)16-5-1-2-10(17)18/h3-4,6,16H,1-2,5H2,(H,17,18). The molecule has 2 N–H and O–H groups in total. The second-order valence-electron chi connectivity index (χ2n) is 3.62. The van der Waals surface area contributed by atoms with Crippen molar-refractivity contribution in [2.45, 2.75) is 19.0 Å². The first-order valence-electron chi connectivity index (χ1n) is 5.13. The first-order valence-corrected chi connectivity index (χ1v) is 5.92. The zero-order chi connectivity index (χ0) is 13.8. The Hall–Kier alpha value is -1.24. The summed E-state index contributed by atoms with van der Waals surface area (Å²) in [6.07, 6.45) is -4.07. The molecule has 0 aromatic heterocycles. The summed E-state index contributed by atoms with van der Waals surface area (Å²) in [6.45, 7) is 0.298. The second-order valence-corrected chi connectivity index (χ2v) is 4.47. The number of carbonyl (C=O) groups is 1. The van der Waals surface area contributed by atoms with Crippen LogP contribution in [0.5, 0.6) is 0 Å². The van der Waals surface area contributed by atoms with Gasteiger partial charge in [-0.3, -0.25) is 4.79 Å². The summed E-state index contributed by atoms with van der Waals surface area (Å²) in [7, 11) is 0. The molecule has 0 spiro atoms. The minimum absolute atomic E-state index is 0.0242. The predicted octanol–water partition coefficient (Wildman–Crippen LogP) is 3.74. The van der Waals surface area contributed by atoms with E-state index < -0.39 is 17.7 Å². The van der Waals surface area contributed by atoms with Crippen LogP contribution in [0.15, 0.2) is 22.7 Å². The average molecular weight is 326 g/mol. The van der Waals surface area contributed by atoms with Crippen LogP contribution in [0.4, 0.5) is 18.9 Å². The summed E-state index contributed by atoms with van der Waals surface area (Å²) in [5, 5.41) is 11.2. The molecule has 0 unspecified atom stereocenters. The Morgan fingerprint density at radius 1 is 1.39 bits per heavy atom. The van der Waals surface area contributed by atoms with Crippen LogP contribution >= 0.6 is 15.9 Å². The molecule has 0 fully saturated rings. The van der Waals surface area contributed by atoms with Gasteiger partial charge in [-0.05, 0) is 40.5 Å². The molecule has 1 aromatic carbocycles. The molecule has 0 bridgehead atoms. The third kappa shape index (κ3) is 4.56. The molecule has 3 nitrogen and oxygen atoms in total. The van der Waals surface area contributed by atoms with Crippen LogP contribution in [-0.4, -0.2) is 17.6 Å². The minimum atomic E-state index is -4.39. The molecule has 1 aromatic rings. The highest BCUT2D eigenvalue weighted by Gasteiger charge is 2.30. The molecule has 1 rings (SSSR count). The number of hydrogen-bond donors (Lipinski definition) is 2. The van der Waals surface area contributed by atoms with E-state index in [1.165, 1.54) is 6.07 Å². The van der Waals surface area contributed by atoms with Gasteiger partial charge in [-0.25, -0.2) is 0 Å². The van der Waals surface area contributed by atoms with Crippen molar-refractivity contribution in [1.29, 1.82) is 0 Å². The third-order valence-corrected chi connectivity index (χ3v) is 2.87. The second kappa shape index (κ2) is 6.08. The maximum absolute atomic E-state index is 12.5. The molecule has 0 aliphatic heterocycles. The number of rotatable bonds is 5. The van der Waals surface area contributed by atoms with E-state index in [4.69, 9.17) is 5.11 Å². The number of aliphatic carboxylic acids is 1. The van der Waals surface area contributed by atoms with Gasteiger partial charge >= 0.3 is 12.1 Å². The molecule has 100 valence electrons. The largest absolute Gasteiger partial charge is 0.481 e. The molecule has 0 saturated heterocycles. The molecule has 0 aliphatic carbocycles. The zero-order valence-electron chi connectivity index (χ0n) is 9.22. The number of halogens is 4. The van der Waals surface area contributed by atoms with E-state index in [1.807, 2.05) is 0 Å². The van der Waals surface area contributed by atoms with Crippen LogP contribution in [0, 0.1) is 0 Å². The number of carboxylic acid groups (broad SMARTS) is 1. The summed E-state index contributed by atoms with van der Waals surface area (Å²) >= 11 is 3.13. The topological polar surface area (TPSA) is 49.3 Å². The van der Waals surface area contributed by atoms with E-state index in [0.29, 0.717) is 23.1 Å². The number of anilines is 1. The maximum Gasteiger partial charge on any atom is 0.416 e. The van der Waals surface area contributed by atoms with Crippen molar-refractivity contribution in [2.75, 3.05) is 11.9 Å². The Morgan fingerprint density at radius 3 is 2.61 bits per heavy atom. The van der Waals surface area contributed by atoms with Gasteiger partial charge in [0.05, 0.1) is 5.56 Å². The van der Waals surface area contributed by atoms with Gasteiger partial charge in [0.15, 0.2) is 0 Å². The molecule has 0 amide bonds. The normalized spacial score (nSPS) is 11.3. The highest BCUT2D eigenvalue weighted by atomic mass is 79.9. The molecule has 7 heteroatoms. The lowest BCUT2D eigenvalue weighted by atomic mass is 10.2. The van der Waals surface area contributed by atoms with Crippen molar-refractivity contribution in [3.05, 3.63) is 28.2 Å². The smallest absolute Gasteiger partial charge is 0.416 e. The van der Waals surface area contributed by atoms with Crippen molar-refractivity contribution in [1.82, 2.24) is 0 Å². The zero-order valence-corrected chi connectivity index (χ0v) is 10.8. The van der Waals surface area contributed by atoms with Crippen molar-refractivity contribution in [3.8, 4) is 0 Å². The Bertz CT molecular complexity index is 435. The van der Waals surface area contributed by atoms with Gasteiger partial charge in [-0.1, -0.05) is 0 Å². The van der Waals surface area contributed by atoms with E-state index in [1.54, 1.807) is 0 Å². The van der Waals surface area contributed by atoms with Crippen LogP contribution in [0.1, 0.15) is 18.4 Å². The van der Waals surface area contributed by atoms with E-state index in [2.05, 4.69) is 21.2 Å². The van der Waals surface area contributed by atoms with Crippen LogP contribution < -0.4 is 5.32 Å². The quantitative estimate of drug-likeness (QED) is 0.811. The minimum Gasteiger partial charge on any atom is -0.481 e. The van der Waals surface area contributed by atoms with Crippen molar-refractivity contribution in [2.24, 2.45) is 0 Å². The first kappa shape index (κ1) is 14.8. The first-order chi connectivity index (χ1) is 8.30. The van der Waals surface area contributed by atoms with Gasteiger partial charge in [-0.15, -0.1) is 0 Å². The fourth-order valence-electron chi connectivity index (χ4n) is 1.30. The van der Waals surface area contributed by atoms with Gasteiger partial charge in [0.25, 0.3) is 0 Å². The summed E-state index contributed by atoms with van der Waals surface area (Å²) < 4.78 is 37.9. The van der Waals surface area contributed by atoms with E-state index >= 15 is 0 Å². The summed E-state index contributed by atoms with van der Waals surface area (Å²) in [4.78, 5) is 10.3. The molecule has 0 heterocycles. The fraction of sp³-hybridized carbons (Fsp3) is 0.364. The fourth-order valence-corrected chi connectivity index (χ4v) is 1.69. The molecular weight excluding hydrogens is 315 g/mol. The molecule has 0 radical (unpaired) electrons. The molecule has 0 saturated carbocycles. The molecule has 0 atom stereocenters. The monoisotopic (exact) mass is 325 g/mol. The lowest BCUT2D eigenvalue weighted by Gasteiger charge is -2.12. The van der Waals surface area contributed by atoms with Gasteiger partial charge in [0.1, 0.15) is 0 Å². The van der Waals surface area contributed by atoms with Crippen LogP contribution in [-0.2, 0) is 11.0 Å². The predicted molar refractivity (Wildman–Crippen MR) is 64.5 cm³/mol. The third-order valence-electron chi connectivity index (χ3n) is 2.18. The van der Waals surface area contributed by atoms with Gasteiger partial charge < -0.3 is 10.4 Å². The molecule has 18 heavy (non-hydrogen) atoms. The van der Waals surface area contributed by atoms with Crippen molar-refractivity contribution < 1.29 is 23.1 Å². The number of hydrogen-bond acceptors (Lipinski definition) is 2. The van der Waals surface area contributed by atoms with Gasteiger partial charge in [0, 0.05) is 23.1 Å². The SMILES string of the molecule is O=C(O)CCCNc1cc(C(F)(F)F)ccc1Br. The van der Waals surface area contributed by atoms with Gasteiger partial charge in [0.2, 0.25) is 0 Å². The Kier molecular flexibility index (Phi) is 5.01. The summed E-state index contributed by atoms with van der Waals surface area (Å²) in [5.74, 6) is -0.931. The van der Waals surface area contributed by atoms with E-state index in [0.717, 1.165) is 12.1 Å². The number of alkyl halides is 3. The molecule has 0 aliphatic rings. The van der Waals surface area contributed by atoms with E-state index in [-0.39, 0.29) is 6.42 Å². The van der Waals surface area contributed by atoms with Crippen molar-refractivity contribution in [3.63, 3.8) is 0 Å². The Morgan fingerprint density at radius 2 is 2.06 bits per heavy atom. The number of nitrogens with one attached hydrogen (secondary N) is 1. The lowest BCUT2D eigenvalue weighted by molar-refractivity contribution is -0.138. The van der Waals surface area contributed by atoms with Crippen molar-refractivity contribution >= 4 is 27.6 Å². The van der Waals surface area contributed by atoms with Crippen LogP contribution in [0.25, 0.3) is 0 Å². The highest BCUT2D eigenvalue weighted by Crippen LogP contribution is 2.33. The summed E-state index contributed by atoms with van der Waals surface area (Å²) in [5.41, 5.74) is -0.443. The van der Waals surface area contributed by atoms with Crippen LogP contribution in [0.3, 0.4) is 0 Å². The Labute approximate surface area is 110 Å². The Balaban J connectivity index is 2.67. The molecular formula is C11H11BrF3NO2. The number of carboxylic acids is 1. The van der Waals surface area contributed by atoms with E-state index in [9.17, 15) is 18.0 Å². The summed E-state index contributed by atoms with van der Waals surface area (Å²) in [6, 6.07) is 3.28. The highest BCUT2D eigenvalue weighted by molar-refractivity contribution is 9.10. The lowest BCUT2D eigenvalue weighted by Crippen LogP contribution is -2.08. The number of benzene rings is 1. The average Bonchev–Trinajstić information content (AvgIpc) is 2.24. The van der Waals surface area contributed by atoms with Crippen LogP contribution in [0.2, 0.25) is 0 Å². The maximum atomic E-state index is 12.5. The van der Waals surface area contributed by atoms with Gasteiger partial charge in [-0.2, -0.15) is 13.2 Å².